The second-order valence-electron chi connectivity index (χ2n) is 6.66. The highest BCUT2D eigenvalue weighted by atomic mass is 16.5. The molecular formula is C19H25NO2. The number of carbonyl (C=O) groups excluding carboxylic acids is 1. The summed E-state index contributed by atoms with van der Waals surface area (Å²) in [7, 11) is 1.66. The second kappa shape index (κ2) is 6.82. The molecule has 1 aromatic carbocycles. The van der Waals surface area contributed by atoms with Crippen molar-refractivity contribution in [3.8, 4) is 5.75 Å². The van der Waals surface area contributed by atoms with E-state index in [0.29, 0.717) is 12.8 Å². The number of allylic oxidation sites excluding steroid dienone is 4. The first-order chi connectivity index (χ1) is 10.4. The van der Waals surface area contributed by atoms with Crippen LogP contribution in [0.1, 0.15) is 39.2 Å². The van der Waals surface area contributed by atoms with Crippen molar-refractivity contribution in [2.24, 2.45) is 0 Å². The summed E-state index contributed by atoms with van der Waals surface area (Å²) in [5.41, 5.74) is 2.89. The smallest absolute Gasteiger partial charge is 0.164 e. The molecule has 1 N–H and O–H groups in total. The Morgan fingerprint density at radius 3 is 2.45 bits per heavy atom. The number of carbonyl (C=O) groups is 1. The molecular weight excluding hydrogens is 274 g/mol. The molecule has 0 aromatic heterocycles. The van der Waals surface area contributed by atoms with Crippen LogP contribution in [0.2, 0.25) is 0 Å². The predicted octanol–water partition coefficient (Wildman–Crippen LogP) is 3.80. The van der Waals surface area contributed by atoms with Crippen LogP contribution >= 0.6 is 0 Å². The van der Waals surface area contributed by atoms with E-state index in [4.69, 9.17) is 4.74 Å². The number of rotatable bonds is 4. The lowest BCUT2D eigenvalue weighted by Crippen LogP contribution is -2.37. The molecule has 3 nitrogen and oxygen atoms in total. The lowest BCUT2D eigenvalue weighted by Gasteiger charge is -2.27. The van der Waals surface area contributed by atoms with Gasteiger partial charge in [0.15, 0.2) is 5.78 Å². The van der Waals surface area contributed by atoms with Crippen molar-refractivity contribution in [1.29, 1.82) is 0 Å². The highest BCUT2D eigenvalue weighted by Crippen LogP contribution is 2.21. The highest BCUT2D eigenvalue weighted by Gasteiger charge is 2.19. The summed E-state index contributed by atoms with van der Waals surface area (Å²) in [6.07, 6.45) is 6.20. The topological polar surface area (TPSA) is 38.3 Å². The molecule has 2 rings (SSSR count). The average molecular weight is 299 g/mol. The fraction of sp³-hybridized carbons (Fsp3) is 0.421. The van der Waals surface area contributed by atoms with Crippen molar-refractivity contribution in [3.63, 3.8) is 0 Å². The molecule has 0 amide bonds. The van der Waals surface area contributed by atoms with E-state index in [1.807, 2.05) is 30.3 Å². The fourth-order valence-corrected chi connectivity index (χ4v) is 2.52. The van der Waals surface area contributed by atoms with Crippen LogP contribution in [0.25, 0.3) is 0 Å². The van der Waals surface area contributed by atoms with Crippen molar-refractivity contribution in [2.75, 3.05) is 7.11 Å². The van der Waals surface area contributed by atoms with E-state index < -0.39 is 0 Å². The number of nitrogens with one attached hydrogen (secondary N) is 1. The summed E-state index contributed by atoms with van der Waals surface area (Å²) in [5.74, 6) is 1.07. The Hall–Kier alpha value is -2.03. The summed E-state index contributed by atoms with van der Waals surface area (Å²) < 4.78 is 5.20. The van der Waals surface area contributed by atoms with Crippen LogP contribution in [0, 0.1) is 0 Å². The quantitative estimate of drug-likeness (QED) is 0.859. The van der Waals surface area contributed by atoms with Gasteiger partial charge in [0.25, 0.3) is 0 Å². The first-order valence-corrected chi connectivity index (χ1v) is 7.73. The standard InChI is InChI=1S/C19H25NO2/c1-19(2,3)20-17(16-7-5-6-8-18(16)21)13-14-9-11-15(22-4)12-10-14/h5,7,9-12,20H,6,8,13H2,1-4H3/b17-16+. The number of ketones is 1. The Labute approximate surface area is 133 Å². The van der Waals surface area contributed by atoms with Gasteiger partial charge < -0.3 is 10.1 Å². The Morgan fingerprint density at radius 1 is 1.23 bits per heavy atom. The summed E-state index contributed by atoms with van der Waals surface area (Å²) in [4.78, 5) is 12.2. The van der Waals surface area contributed by atoms with Gasteiger partial charge >= 0.3 is 0 Å². The van der Waals surface area contributed by atoms with Gasteiger partial charge in [-0.1, -0.05) is 24.3 Å². The molecule has 0 saturated heterocycles. The van der Waals surface area contributed by atoms with Gasteiger partial charge in [0, 0.05) is 29.7 Å². The van der Waals surface area contributed by atoms with Gasteiger partial charge in [-0.25, -0.2) is 0 Å². The molecule has 1 aromatic rings. The molecule has 0 atom stereocenters. The lowest BCUT2D eigenvalue weighted by atomic mass is 9.94. The van der Waals surface area contributed by atoms with Crippen LogP contribution in [0.15, 0.2) is 47.7 Å². The van der Waals surface area contributed by atoms with Crippen LogP contribution in [0.4, 0.5) is 0 Å². The third kappa shape index (κ3) is 4.48. The van der Waals surface area contributed by atoms with E-state index >= 15 is 0 Å². The van der Waals surface area contributed by atoms with Crippen molar-refractivity contribution in [1.82, 2.24) is 5.32 Å². The molecule has 0 spiro atoms. The zero-order chi connectivity index (χ0) is 16.2. The molecule has 0 aliphatic heterocycles. The number of benzene rings is 1. The Morgan fingerprint density at radius 2 is 1.91 bits per heavy atom. The number of methoxy groups -OCH3 is 1. The molecule has 0 saturated carbocycles. The zero-order valence-corrected chi connectivity index (χ0v) is 13.9. The molecule has 0 unspecified atom stereocenters. The molecule has 22 heavy (non-hydrogen) atoms. The largest absolute Gasteiger partial charge is 0.497 e. The summed E-state index contributed by atoms with van der Waals surface area (Å²) in [5, 5.41) is 3.51. The van der Waals surface area contributed by atoms with Gasteiger partial charge in [-0.15, -0.1) is 0 Å². The predicted molar refractivity (Wildman–Crippen MR) is 90.0 cm³/mol. The van der Waals surface area contributed by atoms with Gasteiger partial charge in [0.1, 0.15) is 5.75 Å². The van der Waals surface area contributed by atoms with Gasteiger partial charge in [-0.2, -0.15) is 0 Å². The summed E-state index contributed by atoms with van der Waals surface area (Å²) >= 11 is 0. The minimum Gasteiger partial charge on any atom is -0.497 e. The molecule has 0 bridgehead atoms. The third-order valence-corrected chi connectivity index (χ3v) is 3.51. The number of ether oxygens (including phenoxy) is 1. The first kappa shape index (κ1) is 16.3. The van der Waals surface area contributed by atoms with E-state index in [1.54, 1.807) is 7.11 Å². The zero-order valence-electron chi connectivity index (χ0n) is 13.9. The Balaban J connectivity index is 2.31. The molecule has 0 heterocycles. The molecule has 1 aliphatic rings. The van der Waals surface area contributed by atoms with Crippen molar-refractivity contribution < 1.29 is 9.53 Å². The Kier molecular flexibility index (Phi) is 5.07. The molecule has 1 aliphatic carbocycles. The average Bonchev–Trinajstić information content (AvgIpc) is 2.46. The normalized spacial score (nSPS) is 17.4. The van der Waals surface area contributed by atoms with Gasteiger partial charge in [-0.05, 0) is 44.9 Å². The third-order valence-electron chi connectivity index (χ3n) is 3.51. The number of Topliss-reactive ketones (excluding diaryl/α,β-unsaturated/α-hetero) is 1. The SMILES string of the molecule is COc1ccc(C/C(NC(C)(C)C)=C2/C=CCCC2=O)cc1. The Bertz CT molecular complexity index is 589. The molecule has 0 fully saturated rings. The first-order valence-electron chi connectivity index (χ1n) is 7.73. The molecule has 3 heteroatoms. The fourth-order valence-electron chi connectivity index (χ4n) is 2.52. The maximum absolute atomic E-state index is 12.2. The maximum atomic E-state index is 12.2. The van der Waals surface area contributed by atoms with Gasteiger partial charge in [-0.3, -0.25) is 4.79 Å². The molecule has 0 radical (unpaired) electrons. The summed E-state index contributed by atoms with van der Waals surface area (Å²) in [6, 6.07) is 7.99. The van der Waals surface area contributed by atoms with Crippen molar-refractivity contribution >= 4 is 5.78 Å². The highest BCUT2D eigenvalue weighted by molar-refractivity contribution is 5.99. The van der Waals surface area contributed by atoms with Crippen LogP contribution in [0.5, 0.6) is 5.75 Å². The van der Waals surface area contributed by atoms with Crippen LogP contribution in [-0.4, -0.2) is 18.4 Å². The lowest BCUT2D eigenvalue weighted by molar-refractivity contribution is -0.115. The van der Waals surface area contributed by atoms with Crippen molar-refractivity contribution in [3.05, 3.63) is 53.3 Å². The number of hydrogen-bond donors (Lipinski definition) is 1. The number of hydrogen-bond acceptors (Lipinski definition) is 3. The van der Waals surface area contributed by atoms with E-state index in [0.717, 1.165) is 29.0 Å². The van der Waals surface area contributed by atoms with Crippen molar-refractivity contribution in [2.45, 2.75) is 45.6 Å². The minimum absolute atomic E-state index is 0.0830. The van der Waals surface area contributed by atoms with E-state index in [1.165, 1.54) is 0 Å². The van der Waals surface area contributed by atoms with Crippen LogP contribution < -0.4 is 10.1 Å². The summed E-state index contributed by atoms with van der Waals surface area (Å²) in [6.45, 7) is 6.33. The van der Waals surface area contributed by atoms with Gasteiger partial charge in [0.05, 0.1) is 7.11 Å². The second-order valence-corrected chi connectivity index (χ2v) is 6.66. The van der Waals surface area contributed by atoms with Crippen LogP contribution in [-0.2, 0) is 11.2 Å². The van der Waals surface area contributed by atoms with E-state index in [9.17, 15) is 4.79 Å². The van der Waals surface area contributed by atoms with Crippen LogP contribution in [0.3, 0.4) is 0 Å². The maximum Gasteiger partial charge on any atom is 0.164 e. The minimum atomic E-state index is -0.0830. The van der Waals surface area contributed by atoms with Gasteiger partial charge in [0.2, 0.25) is 0 Å². The van der Waals surface area contributed by atoms with E-state index in [2.05, 4.69) is 32.2 Å². The molecule has 118 valence electrons. The van der Waals surface area contributed by atoms with E-state index in [-0.39, 0.29) is 11.3 Å². The monoisotopic (exact) mass is 299 g/mol.